The van der Waals surface area contributed by atoms with Crippen molar-refractivity contribution >= 4 is 12.0 Å². The lowest BCUT2D eigenvalue weighted by molar-refractivity contribution is 0.0697. The van der Waals surface area contributed by atoms with Crippen molar-refractivity contribution < 1.29 is 19.4 Å². The maximum Gasteiger partial charge on any atom is 0.335 e. The summed E-state index contributed by atoms with van der Waals surface area (Å²) in [5.41, 5.74) is 1.90. The van der Waals surface area contributed by atoms with Crippen molar-refractivity contribution in [3.05, 3.63) is 59.3 Å². The van der Waals surface area contributed by atoms with E-state index in [0.717, 1.165) is 17.5 Å². The predicted octanol–water partition coefficient (Wildman–Crippen LogP) is 2.57. The lowest BCUT2D eigenvalue weighted by atomic mass is 10.1. The molecule has 3 N–H and O–H groups in total. The molecule has 0 aliphatic heterocycles. The van der Waals surface area contributed by atoms with Crippen LogP contribution in [-0.4, -0.2) is 28.7 Å². The van der Waals surface area contributed by atoms with Crippen LogP contribution in [0.2, 0.25) is 0 Å². The summed E-state index contributed by atoms with van der Waals surface area (Å²) in [5, 5.41) is 14.3. The van der Waals surface area contributed by atoms with Gasteiger partial charge in [0.1, 0.15) is 0 Å². The quantitative estimate of drug-likeness (QED) is 0.684. The standard InChI is InChI=1S/C18H21N3O4/c1-2-9-25-16-8-5-14(11-19-16)12-21-18(24)20-10-13-3-6-15(7-4-13)17(22)23/h3-8,11H,2,9-10,12H2,1H3,(H,22,23)(H2,20,21,24). The summed E-state index contributed by atoms with van der Waals surface area (Å²) in [6.45, 7) is 3.32. The van der Waals surface area contributed by atoms with E-state index in [-0.39, 0.29) is 11.6 Å². The number of carbonyl (C=O) groups excluding carboxylic acids is 1. The number of nitrogens with zero attached hydrogens (tertiary/aromatic N) is 1. The number of carboxylic acid groups (broad SMARTS) is 1. The Morgan fingerprint density at radius 3 is 2.24 bits per heavy atom. The summed E-state index contributed by atoms with van der Waals surface area (Å²) < 4.78 is 5.40. The fourth-order valence-corrected chi connectivity index (χ4v) is 2.00. The van der Waals surface area contributed by atoms with Crippen molar-refractivity contribution in [1.82, 2.24) is 15.6 Å². The molecule has 7 heteroatoms. The number of nitrogens with one attached hydrogen (secondary N) is 2. The van der Waals surface area contributed by atoms with E-state index < -0.39 is 5.97 Å². The number of urea groups is 1. The van der Waals surface area contributed by atoms with E-state index >= 15 is 0 Å². The monoisotopic (exact) mass is 343 g/mol. The molecule has 0 unspecified atom stereocenters. The number of aromatic nitrogens is 1. The highest BCUT2D eigenvalue weighted by Crippen LogP contribution is 2.08. The molecule has 0 spiro atoms. The lowest BCUT2D eigenvalue weighted by Crippen LogP contribution is -2.34. The maximum absolute atomic E-state index is 11.8. The Hall–Kier alpha value is -3.09. The largest absolute Gasteiger partial charge is 0.478 e. The van der Waals surface area contributed by atoms with Gasteiger partial charge >= 0.3 is 12.0 Å². The van der Waals surface area contributed by atoms with Gasteiger partial charge in [-0.25, -0.2) is 14.6 Å². The molecule has 2 aromatic rings. The molecule has 1 heterocycles. The number of carboxylic acids is 1. The molecule has 0 aliphatic rings. The van der Waals surface area contributed by atoms with Gasteiger partial charge in [-0.2, -0.15) is 0 Å². The Morgan fingerprint density at radius 1 is 1.04 bits per heavy atom. The van der Waals surface area contributed by atoms with Crippen LogP contribution in [0.1, 0.15) is 34.8 Å². The van der Waals surface area contributed by atoms with Gasteiger partial charge in [-0.3, -0.25) is 0 Å². The average Bonchev–Trinajstić information content (AvgIpc) is 2.64. The zero-order valence-corrected chi connectivity index (χ0v) is 14.0. The second-order valence-electron chi connectivity index (χ2n) is 5.39. The number of rotatable bonds is 8. The first-order chi connectivity index (χ1) is 12.1. The number of carbonyl (C=O) groups is 2. The van der Waals surface area contributed by atoms with Crippen LogP contribution < -0.4 is 15.4 Å². The van der Waals surface area contributed by atoms with Crippen LogP contribution in [-0.2, 0) is 13.1 Å². The van der Waals surface area contributed by atoms with Gasteiger partial charge in [-0.15, -0.1) is 0 Å². The molecule has 1 aromatic heterocycles. The molecule has 1 aromatic carbocycles. The summed E-state index contributed by atoms with van der Waals surface area (Å²) in [6.07, 6.45) is 2.58. The molecule has 0 fully saturated rings. The zero-order valence-electron chi connectivity index (χ0n) is 14.0. The van der Waals surface area contributed by atoms with Crippen LogP contribution in [0.25, 0.3) is 0 Å². The number of benzene rings is 1. The van der Waals surface area contributed by atoms with E-state index in [1.54, 1.807) is 24.4 Å². The summed E-state index contributed by atoms with van der Waals surface area (Å²) in [7, 11) is 0. The van der Waals surface area contributed by atoms with Crippen molar-refractivity contribution in [3.8, 4) is 5.88 Å². The van der Waals surface area contributed by atoms with Gasteiger partial charge in [-0.1, -0.05) is 25.1 Å². The minimum absolute atomic E-state index is 0.215. The van der Waals surface area contributed by atoms with E-state index in [1.807, 2.05) is 13.0 Å². The summed E-state index contributed by atoms with van der Waals surface area (Å²) in [4.78, 5) is 26.8. The molecule has 0 aliphatic carbocycles. The summed E-state index contributed by atoms with van der Waals surface area (Å²) in [6, 6.07) is 9.66. The highest BCUT2D eigenvalue weighted by Gasteiger charge is 2.04. The average molecular weight is 343 g/mol. The lowest BCUT2D eigenvalue weighted by Gasteiger charge is -2.09. The molecule has 0 saturated carbocycles. The molecule has 2 rings (SSSR count). The van der Waals surface area contributed by atoms with E-state index in [2.05, 4.69) is 15.6 Å². The van der Waals surface area contributed by atoms with Crippen molar-refractivity contribution in [2.45, 2.75) is 26.4 Å². The first-order valence-corrected chi connectivity index (χ1v) is 8.00. The molecule has 2 amide bonds. The molecule has 25 heavy (non-hydrogen) atoms. The molecular weight excluding hydrogens is 322 g/mol. The van der Waals surface area contributed by atoms with Crippen LogP contribution in [0, 0.1) is 0 Å². The van der Waals surface area contributed by atoms with Crippen LogP contribution in [0.15, 0.2) is 42.6 Å². The van der Waals surface area contributed by atoms with Crippen molar-refractivity contribution in [1.29, 1.82) is 0 Å². The van der Waals surface area contributed by atoms with E-state index in [4.69, 9.17) is 9.84 Å². The minimum atomic E-state index is -0.975. The maximum atomic E-state index is 11.8. The smallest absolute Gasteiger partial charge is 0.335 e. The van der Waals surface area contributed by atoms with Gasteiger partial charge < -0.3 is 20.5 Å². The van der Waals surface area contributed by atoms with Crippen LogP contribution in [0.4, 0.5) is 4.79 Å². The Bertz CT molecular complexity index is 699. The van der Waals surface area contributed by atoms with E-state index in [1.165, 1.54) is 12.1 Å². The molecule has 0 atom stereocenters. The molecule has 7 nitrogen and oxygen atoms in total. The number of pyridine rings is 1. The normalized spacial score (nSPS) is 10.1. The van der Waals surface area contributed by atoms with Crippen LogP contribution >= 0.6 is 0 Å². The first-order valence-electron chi connectivity index (χ1n) is 8.00. The van der Waals surface area contributed by atoms with E-state index in [9.17, 15) is 9.59 Å². The Morgan fingerprint density at radius 2 is 1.68 bits per heavy atom. The number of aromatic carboxylic acids is 1. The van der Waals surface area contributed by atoms with Gasteiger partial charge in [0.25, 0.3) is 0 Å². The molecule has 0 radical (unpaired) electrons. The Kier molecular flexibility index (Phi) is 6.76. The Balaban J connectivity index is 1.74. The highest BCUT2D eigenvalue weighted by atomic mass is 16.5. The topological polar surface area (TPSA) is 101 Å². The van der Waals surface area contributed by atoms with Gasteiger partial charge in [0, 0.05) is 25.4 Å². The number of amides is 2. The van der Waals surface area contributed by atoms with Gasteiger partial charge in [-0.05, 0) is 29.7 Å². The van der Waals surface area contributed by atoms with Gasteiger partial charge in [0.2, 0.25) is 5.88 Å². The second kappa shape index (κ2) is 9.27. The van der Waals surface area contributed by atoms with Gasteiger partial charge in [0.05, 0.1) is 12.2 Å². The third kappa shape index (κ3) is 6.14. The van der Waals surface area contributed by atoms with Crippen LogP contribution in [0.3, 0.4) is 0 Å². The number of hydrogen-bond acceptors (Lipinski definition) is 4. The molecular formula is C18H21N3O4. The van der Waals surface area contributed by atoms with E-state index in [0.29, 0.717) is 25.6 Å². The molecule has 0 saturated heterocycles. The summed E-state index contributed by atoms with van der Waals surface area (Å²) >= 11 is 0. The SMILES string of the molecule is CCCOc1ccc(CNC(=O)NCc2ccc(C(=O)O)cc2)cn1. The predicted molar refractivity (Wildman–Crippen MR) is 92.5 cm³/mol. The number of ether oxygens (including phenoxy) is 1. The number of hydrogen-bond donors (Lipinski definition) is 3. The minimum Gasteiger partial charge on any atom is -0.478 e. The fourth-order valence-electron chi connectivity index (χ4n) is 2.00. The van der Waals surface area contributed by atoms with Gasteiger partial charge in [0.15, 0.2) is 0 Å². The van der Waals surface area contributed by atoms with Crippen molar-refractivity contribution in [2.24, 2.45) is 0 Å². The first kappa shape index (κ1) is 18.3. The second-order valence-corrected chi connectivity index (χ2v) is 5.39. The third-order valence-corrected chi connectivity index (χ3v) is 3.36. The zero-order chi connectivity index (χ0) is 18.1. The fraction of sp³-hybridized carbons (Fsp3) is 0.278. The summed E-state index contributed by atoms with van der Waals surface area (Å²) in [5.74, 6) is -0.406. The molecule has 0 bridgehead atoms. The van der Waals surface area contributed by atoms with Crippen molar-refractivity contribution in [3.63, 3.8) is 0 Å². The molecule has 132 valence electrons. The third-order valence-electron chi connectivity index (χ3n) is 3.36. The highest BCUT2D eigenvalue weighted by molar-refractivity contribution is 5.87. The van der Waals surface area contributed by atoms with Crippen molar-refractivity contribution in [2.75, 3.05) is 6.61 Å². The Labute approximate surface area is 146 Å². The van der Waals surface area contributed by atoms with Crippen LogP contribution in [0.5, 0.6) is 5.88 Å².